The number of hydrogen-bond donors (Lipinski definition) is 1. The van der Waals surface area contributed by atoms with E-state index in [1.54, 1.807) is 18.2 Å². The van der Waals surface area contributed by atoms with Gasteiger partial charge in [-0.1, -0.05) is 18.2 Å². The smallest absolute Gasteiger partial charge is 0.308 e. The second kappa shape index (κ2) is 5.50. The topological polar surface area (TPSA) is 55.4 Å². The Hall–Kier alpha value is -2.69. The molecule has 1 atom stereocenters. The number of amides is 1. The van der Waals surface area contributed by atoms with Crippen molar-refractivity contribution in [1.82, 2.24) is 0 Å². The summed E-state index contributed by atoms with van der Waals surface area (Å²) in [6.07, 6.45) is 0.470. The molecule has 1 aliphatic rings. The number of carbonyl (C=O) groups is 2. The molecule has 1 unspecified atom stereocenters. The molecule has 23 heavy (non-hydrogen) atoms. The van der Waals surface area contributed by atoms with E-state index < -0.39 is 5.41 Å². The van der Waals surface area contributed by atoms with Gasteiger partial charge in [-0.2, -0.15) is 0 Å². The lowest BCUT2D eigenvalue weighted by molar-refractivity contribution is -0.131. The SMILES string of the molecule is CC(=O)Oc1ccc(CC2(C)C(=O)Nc3cc(F)ccc32)cc1. The van der Waals surface area contributed by atoms with Crippen molar-refractivity contribution in [3.63, 3.8) is 0 Å². The van der Waals surface area contributed by atoms with E-state index in [1.165, 1.54) is 19.1 Å². The molecule has 3 rings (SSSR count). The van der Waals surface area contributed by atoms with Crippen LogP contribution in [0.15, 0.2) is 42.5 Å². The molecule has 0 spiro atoms. The molecule has 1 N–H and O–H groups in total. The van der Waals surface area contributed by atoms with E-state index in [0.717, 1.165) is 11.1 Å². The first kappa shape index (κ1) is 15.2. The Morgan fingerprint density at radius 1 is 1.22 bits per heavy atom. The highest BCUT2D eigenvalue weighted by molar-refractivity contribution is 6.06. The summed E-state index contributed by atoms with van der Waals surface area (Å²) in [4.78, 5) is 23.3. The molecule has 0 saturated carbocycles. The van der Waals surface area contributed by atoms with Gasteiger partial charge >= 0.3 is 5.97 Å². The van der Waals surface area contributed by atoms with Crippen LogP contribution in [-0.4, -0.2) is 11.9 Å². The predicted octanol–water partition coefficient (Wildman–Crippen LogP) is 3.20. The third kappa shape index (κ3) is 2.82. The average Bonchev–Trinajstić information content (AvgIpc) is 2.71. The van der Waals surface area contributed by atoms with Gasteiger partial charge in [0.25, 0.3) is 0 Å². The van der Waals surface area contributed by atoms with Crippen molar-refractivity contribution in [3.8, 4) is 5.75 Å². The predicted molar refractivity (Wildman–Crippen MR) is 83.8 cm³/mol. The Labute approximate surface area is 133 Å². The van der Waals surface area contributed by atoms with E-state index >= 15 is 0 Å². The maximum atomic E-state index is 13.3. The van der Waals surface area contributed by atoms with Gasteiger partial charge in [0.2, 0.25) is 5.91 Å². The summed E-state index contributed by atoms with van der Waals surface area (Å²) in [5.41, 5.74) is 1.48. The van der Waals surface area contributed by atoms with Crippen LogP contribution >= 0.6 is 0 Å². The number of halogens is 1. The van der Waals surface area contributed by atoms with E-state index in [4.69, 9.17) is 4.74 Å². The normalized spacial score (nSPS) is 19.2. The molecule has 0 aromatic heterocycles. The Bertz CT molecular complexity index is 785. The fourth-order valence-electron chi connectivity index (χ4n) is 2.91. The number of rotatable bonds is 3. The first-order valence-corrected chi connectivity index (χ1v) is 7.27. The molecule has 1 aliphatic heterocycles. The van der Waals surface area contributed by atoms with Gasteiger partial charge in [0, 0.05) is 12.6 Å². The number of carbonyl (C=O) groups excluding carboxylic acids is 2. The Morgan fingerprint density at radius 2 is 1.91 bits per heavy atom. The highest BCUT2D eigenvalue weighted by Gasteiger charge is 2.42. The number of benzene rings is 2. The van der Waals surface area contributed by atoms with Gasteiger partial charge in [-0.25, -0.2) is 4.39 Å². The Kier molecular flexibility index (Phi) is 3.64. The van der Waals surface area contributed by atoms with Gasteiger partial charge in [0.1, 0.15) is 11.6 Å². The second-order valence-corrected chi connectivity index (χ2v) is 5.89. The second-order valence-electron chi connectivity index (χ2n) is 5.89. The van der Waals surface area contributed by atoms with Crippen LogP contribution in [0.25, 0.3) is 0 Å². The standard InChI is InChI=1S/C18H16FNO3/c1-11(21)23-14-6-3-12(4-7-14)10-18(2)15-8-5-13(19)9-16(15)20-17(18)22/h3-9H,10H2,1-2H3,(H,20,22). The van der Waals surface area contributed by atoms with Crippen LogP contribution in [0.2, 0.25) is 0 Å². The molecule has 5 heteroatoms. The van der Waals surface area contributed by atoms with Crippen LogP contribution in [-0.2, 0) is 21.4 Å². The summed E-state index contributed by atoms with van der Waals surface area (Å²) in [7, 11) is 0. The fourth-order valence-corrected chi connectivity index (χ4v) is 2.91. The minimum atomic E-state index is -0.758. The van der Waals surface area contributed by atoms with Crippen LogP contribution in [0.5, 0.6) is 5.75 Å². The lowest BCUT2D eigenvalue weighted by atomic mass is 9.78. The number of esters is 1. The van der Waals surface area contributed by atoms with Crippen molar-refractivity contribution < 1.29 is 18.7 Å². The Morgan fingerprint density at radius 3 is 2.57 bits per heavy atom. The molecule has 118 valence electrons. The molecule has 0 aliphatic carbocycles. The molecule has 1 amide bonds. The third-order valence-corrected chi connectivity index (χ3v) is 4.07. The van der Waals surface area contributed by atoms with Gasteiger partial charge < -0.3 is 10.1 Å². The molecule has 0 saturated heterocycles. The molecular weight excluding hydrogens is 297 g/mol. The van der Waals surface area contributed by atoms with Crippen molar-refractivity contribution in [2.24, 2.45) is 0 Å². The van der Waals surface area contributed by atoms with E-state index in [0.29, 0.717) is 17.9 Å². The number of ether oxygens (including phenoxy) is 1. The molecule has 4 nitrogen and oxygen atoms in total. The zero-order valence-electron chi connectivity index (χ0n) is 12.9. The lowest BCUT2D eigenvalue weighted by Crippen LogP contribution is -2.33. The van der Waals surface area contributed by atoms with Crippen LogP contribution in [0.1, 0.15) is 25.0 Å². The van der Waals surface area contributed by atoms with E-state index in [9.17, 15) is 14.0 Å². The summed E-state index contributed by atoms with van der Waals surface area (Å²) in [6, 6.07) is 11.4. The van der Waals surface area contributed by atoms with Gasteiger partial charge in [0.15, 0.2) is 0 Å². The lowest BCUT2D eigenvalue weighted by Gasteiger charge is -2.22. The largest absolute Gasteiger partial charge is 0.427 e. The summed E-state index contributed by atoms with van der Waals surface area (Å²) >= 11 is 0. The van der Waals surface area contributed by atoms with Gasteiger partial charge in [-0.15, -0.1) is 0 Å². The van der Waals surface area contributed by atoms with E-state index in [-0.39, 0.29) is 17.7 Å². The third-order valence-electron chi connectivity index (χ3n) is 4.07. The summed E-state index contributed by atoms with van der Waals surface area (Å²) in [5.74, 6) is -0.443. The van der Waals surface area contributed by atoms with Crippen molar-refractivity contribution in [1.29, 1.82) is 0 Å². The zero-order valence-corrected chi connectivity index (χ0v) is 12.9. The first-order chi connectivity index (χ1) is 10.9. The maximum Gasteiger partial charge on any atom is 0.308 e. The van der Waals surface area contributed by atoms with Crippen LogP contribution in [0, 0.1) is 5.82 Å². The molecule has 2 aromatic rings. The summed E-state index contributed by atoms with van der Waals surface area (Å²) in [6.45, 7) is 3.18. The average molecular weight is 313 g/mol. The van der Waals surface area contributed by atoms with Crippen LogP contribution < -0.4 is 10.1 Å². The molecular formula is C18H16FNO3. The number of fused-ring (bicyclic) bond motifs is 1. The first-order valence-electron chi connectivity index (χ1n) is 7.27. The van der Waals surface area contributed by atoms with Gasteiger partial charge in [-0.3, -0.25) is 9.59 Å². The number of nitrogens with one attached hydrogen (secondary N) is 1. The molecule has 0 bridgehead atoms. The highest BCUT2D eigenvalue weighted by Crippen LogP contribution is 2.40. The van der Waals surface area contributed by atoms with Crippen molar-refractivity contribution in [2.75, 3.05) is 5.32 Å². The maximum absolute atomic E-state index is 13.3. The quantitative estimate of drug-likeness (QED) is 0.699. The minimum absolute atomic E-state index is 0.151. The van der Waals surface area contributed by atoms with Gasteiger partial charge in [-0.05, 0) is 48.7 Å². The monoisotopic (exact) mass is 313 g/mol. The van der Waals surface area contributed by atoms with Gasteiger partial charge in [0.05, 0.1) is 5.41 Å². The zero-order chi connectivity index (χ0) is 16.6. The van der Waals surface area contributed by atoms with E-state index in [2.05, 4.69) is 5.32 Å². The summed E-state index contributed by atoms with van der Waals surface area (Å²) in [5, 5.41) is 2.74. The van der Waals surface area contributed by atoms with Crippen LogP contribution in [0.3, 0.4) is 0 Å². The molecule has 0 fully saturated rings. The van der Waals surface area contributed by atoms with Crippen molar-refractivity contribution in [3.05, 3.63) is 59.4 Å². The number of hydrogen-bond acceptors (Lipinski definition) is 3. The minimum Gasteiger partial charge on any atom is -0.427 e. The number of anilines is 1. The summed E-state index contributed by atoms with van der Waals surface area (Å²) < 4.78 is 18.3. The van der Waals surface area contributed by atoms with Crippen molar-refractivity contribution >= 4 is 17.6 Å². The molecule has 1 heterocycles. The molecule has 2 aromatic carbocycles. The highest BCUT2D eigenvalue weighted by atomic mass is 19.1. The van der Waals surface area contributed by atoms with Crippen LogP contribution in [0.4, 0.5) is 10.1 Å². The Balaban J connectivity index is 1.87. The fraction of sp³-hybridized carbons (Fsp3) is 0.222. The molecule has 0 radical (unpaired) electrons. The van der Waals surface area contributed by atoms with E-state index in [1.807, 2.05) is 19.1 Å². The van der Waals surface area contributed by atoms with Crippen molar-refractivity contribution in [2.45, 2.75) is 25.7 Å².